The number of fused-ring (bicyclic) bond motifs is 1. The third kappa shape index (κ3) is 4.38. The number of rotatable bonds is 6. The second-order valence-corrected chi connectivity index (χ2v) is 9.65. The van der Waals surface area contributed by atoms with Crippen LogP contribution in [-0.4, -0.2) is 30.9 Å². The minimum Gasteiger partial charge on any atom is -0.497 e. The van der Waals surface area contributed by atoms with Crippen LogP contribution in [0.1, 0.15) is 37.3 Å². The third-order valence-electron chi connectivity index (χ3n) is 5.13. The number of methoxy groups -OCH3 is 2. The van der Waals surface area contributed by atoms with Crippen molar-refractivity contribution in [3.05, 3.63) is 77.1 Å². The van der Waals surface area contributed by atoms with Crippen molar-refractivity contribution in [1.29, 1.82) is 0 Å². The molecule has 4 rings (SSSR count). The molecule has 7 nitrogen and oxygen atoms in total. The van der Waals surface area contributed by atoms with Crippen molar-refractivity contribution >= 4 is 34.7 Å². The summed E-state index contributed by atoms with van der Waals surface area (Å²) in [5, 5.41) is 1.96. The molecule has 1 atom stereocenters. The van der Waals surface area contributed by atoms with Crippen LogP contribution in [0.4, 0.5) is 0 Å². The predicted octanol–water partition coefficient (Wildman–Crippen LogP) is 3.27. The molecule has 0 saturated carbocycles. The van der Waals surface area contributed by atoms with Gasteiger partial charge in [0.15, 0.2) is 4.80 Å². The van der Waals surface area contributed by atoms with Crippen molar-refractivity contribution in [2.45, 2.75) is 32.9 Å². The fourth-order valence-electron chi connectivity index (χ4n) is 3.71. The Morgan fingerprint density at radius 3 is 2.64 bits per heavy atom. The first-order chi connectivity index (χ1) is 15.8. The zero-order valence-electron chi connectivity index (χ0n) is 18.9. The molecule has 3 aromatic rings. The highest BCUT2D eigenvalue weighted by atomic mass is 32.1. The lowest BCUT2D eigenvalue weighted by Gasteiger charge is -2.26. The number of carbonyl (C=O) groups excluding carboxylic acids is 1. The van der Waals surface area contributed by atoms with E-state index in [0.29, 0.717) is 37.7 Å². The molecule has 0 radical (unpaired) electrons. The topological polar surface area (TPSA) is 79.1 Å². The molecule has 0 spiro atoms. The Bertz CT molecular complexity index is 1400. The van der Waals surface area contributed by atoms with Crippen LogP contribution in [0.3, 0.4) is 0 Å². The quantitative estimate of drug-likeness (QED) is 0.502. The predicted molar refractivity (Wildman–Crippen MR) is 129 cm³/mol. The van der Waals surface area contributed by atoms with Gasteiger partial charge in [-0.05, 0) is 56.5 Å². The van der Waals surface area contributed by atoms with Gasteiger partial charge in [0.05, 0.1) is 36.1 Å². The molecule has 172 valence electrons. The molecular formula is C24H24N2O5S2. The SMILES string of the molecule is COc1ccc(OC)c(C2C(C(=O)OC(C)C)=C(C)N=c3sc(=Cc4cccs4)c(=O)n32)c1. The van der Waals surface area contributed by atoms with Crippen LogP contribution in [0.25, 0.3) is 6.08 Å². The van der Waals surface area contributed by atoms with E-state index >= 15 is 0 Å². The van der Waals surface area contributed by atoms with E-state index in [1.54, 1.807) is 69.1 Å². The molecule has 1 aliphatic rings. The smallest absolute Gasteiger partial charge is 0.338 e. The van der Waals surface area contributed by atoms with E-state index in [1.807, 2.05) is 23.6 Å². The maximum Gasteiger partial charge on any atom is 0.338 e. The summed E-state index contributed by atoms with van der Waals surface area (Å²) in [7, 11) is 3.11. The van der Waals surface area contributed by atoms with Crippen LogP contribution in [0.2, 0.25) is 0 Å². The van der Waals surface area contributed by atoms with E-state index in [9.17, 15) is 9.59 Å². The summed E-state index contributed by atoms with van der Waals surface area (Å²) < 4.78 is 18.7. The largest absolute Gasteiger partial charge is 0.497 e. The van der Waals surface area contributed by atoms with Gasteiger partial charge in [0.1, 0.15) is 17.5 Å². The van der Waals surface area contributed by atoms with E-state index in [0.717, 1.165) is 4.88 Å². The molecule has 0 bridgehead atoms. The number of carbonyl (C=O) groups is 1. The molecule has 0 fully saturated rings. The number of thiazole rings is 1. The second-order valence-electron chi connectivity index (χ2n) is 7.66. The zero-order valence-corrected chi connectivity index (χ0v) is 20.6. The third-order valence-corrected chi connectivity index (χ3v) is 6.93. The first-order valence-electron chi connectivity index (χ1n) is 10.3. The molecule has 1 unspecified atom stereocenters. The van der Waals surface area contributed by atoms with Gasteiger partial charge in [-0.25, -0.2) is 9.79 Å². The Kier molecular flexibility index (Phi) is 6.53. The number of nitrogens with zero attached hydrogens (tertiary/aromatic N) is 2. The van der Waals surface area contributed by atoms with Gasteiger partial charge < -0.3 is 14.2 Å². The van der Waals surface area contributed by atoms with Gasteiger partial charge in [-0.3, -0.25) is 9.36 Å². The Balaban J connectivity index is 2.02. The lowest BCUT2D eigenvalue weighted by atomic mass is 9.94. The number of aromatic nitrogens is 1. The summed E-state index contributed by atoms with van der Waals surface area (Å²) in [4.78, 5) is 32.9. The van der Waals surface area contributed by atoms with Gasteiger partial charge in [0.2, 0.25) is 0 Å². The highest BCUT2D eigenvalue weighted by Crippen LogP contribution is 2.38. The Morgan fingerprint density at radius 2 is 2.00 bits per heavy atom. The molecule has 9 heteroatoms. The monoisotopic (exact) mass is 484 g/mol. The van der Waals surface area contributed by atoms with Crippen LogP contribution >= 0.6 is 22.7 Å². The van der Waals surface area contributed by atoms with E-state index in [1.165, 1.54) is 11.3 Å². The number of allylic oxidation sites excluding steroid dienone is 1. The average Bonchev–Trinajstić information content (AvgIpc) is 3.40. The zero-order chi connectivity index (χ0) is 23.7. The van der Waals surface area contributed by atoms with Crippen molar-refractivity contribution in [1.82, 2.24) is 4.57 Å². The second kappa shape index (κ2) is 9.36. The molecule has 2 aromatic heterocycles. The molecule has 3 heterocycles. The maximum atomic E-state index is 13.6. The molecule has 1 aromatic carbocycles. The summed E-state index contributed by atoms with van der Waals surface area (Å²) in [6.45, 7) is 5.32. The number of hydrogen-bond donors (Lipinski definition) is 0. The highest BCUT2D eigenvalue weighted by Gasteiger charge is 2.35. The molecule has 0 aliphatic carbocycles. The summed E-state index contributed by atoms with van der Waals surface area (Å²) >= 11 is 2.83. The van der Waals surface area contributed by atoms with Crippen LogP contribution in [0.5, 0.6) is 11.5 Å². The van der Waals surface area contributed by atoms with E-state index in [4.69, 9.17) is 14.2 Å². The standard InChI is InChI=1S/C24H24N2O5S2/c1-13(2)31-23(28)20-14(3)25-24-26(22(27)19(33-24)12-16-7-6-10-32-16)21(20)17-11-15(29-4)8-9-18(17)30-5/h6-13,21H,1-5H3. The molecule has 0 amide bonds. The number of hydrogen-bond acceptors (Lipinski definition) is 8. The number of esters is 1. The summed E-state index contributed by atoms with van der Waals surface area (Å²) in [6.07, 6.45) is 1.52. The summed E-state index contributed by atoms with van der Waals surface area (Å²) in [5.41, 5.74) is 1.18. The van der Waals surface area contributed by atoms with Gasteiger partial charge in [0.25, 0.3) is 5.56 Å². The van der Waals surface area contributed by atoms with Crippen LogP contribution in [-0.2, 0) is 9.53 Å². The molecule has 0 saturated heterocycles. The first-order valence-corrected chi connectivity index (χ1v) is 12.0. The summed E-state index contributed by atoms with van der Waals surface area (Å²) in [6, 6.07) is 8.41. The van der Waals surface area contributed by atoms with Crippen molar-refractivity contribution in [2.24, 2.45) is 4.99 Å². The molecule has 0 N–H and O–H groups in total. The van der Waals surface area contributed by atoms with Gasteiger partial charge in [-0.1, -0.05) is 17.4 Å². The molecular weight excluding hydrogens is 460 g/mol. The van der Waals surface area contributed by atoms with Gasteiger partial charge in [0, 0.05) is 10.4 Å². The summed E-state index contributed by atoms with van der Waals surface area (Å²) in [5.74, 6) is 0.588. The van der Waals surface area contributed by atoms with Crippen LogP contribution in [0, 0.1) is 0 Å². The highest BCUT2D eigenvalue weighted by molar-refractivity contribution is 7.11. The van der Waals surface area contributed by atoms with Crippen LogP contribution in [0.15, 0.2) is 56.8 Å². The van der Waals surface area contributed by atoms with E-state index in [2.05, 4.69) is 4.99 Å². The van der Waals surface area contributed by atoms with Gasteiger partial charge in [-0.15, -0.1) is 11.3 Å². The normalized spacial score (nSPS) is 15.9. The lowest BCUT2D eigenvalue weighted by Crippen LogP contribution is -2.40. The Labute approximate surface area is 198 Å². The van der Waals surface area contributed by atoms with Crippen molar-refractivity contribution in [2.75, 3.05) is 14.2 Å². The maximum absolute atomic E-state index is 13.6. The fourth-order valence-corrected chi connectivity index (χ4v) is 5.48. The van der Waals surface area contributed by atoms with Gasteiger partial charge >= 0.3 is 5.97 Å². The first kappa shape index (κ1) is 23.0. The van der Waals surface area contributed by atoms with E-state index in [-0.39, 0.29) is 11.7 Å². The van der Waals surface area contributed by atoms with Crippen LogP contribution < -0.4 is 24.4 Å². The van der Waals surface area contributed by atoms with Crippen molar-refractivity contribution in [3.8, 4) is 11.5 Å². The molecule has 1 aliphatic heterocycles. The number of benzene rings is 1. The Morgan fingerprint density at radius 1 is 1.21 bits per heavy atom. The molecule has 33 heavy (non-hydrogen) atoms. The fraction of sp³-hybridized carbons (Fsp3) is 0.292. The minimum atomic E-state index is -0.775. The lowest BCUT2D eigenvalue weighted by molar-refractivity contribution is -0.143. The number of ether oxygens (including phenoxy) is 3. The van der Waals surface area contributed by atoms with Gasteiger partial charge in [-0.2, -0.15) is 0 Å². The Hall–Kier alpha value is -3.17. The average molecular weight is 485 g/mol. The van der Waals surface area contributed by atoms with Crippen molar-refractivity contribution < 1.29 is 19.0 Å². The minimum absolute atomic E-state index is 0.232. The van der Waals surface area contributed by atoms with E-state index < -0.39 is 12.0 Å². The number of thiophene rings is 1. The van der Waals surface area contributed by atoms with Crippen molar-refractivity contribution in [3.63, 3.8) is 0 Å².